The van der Waals surface area contributed by atoms with E-state index >= 15 is 0 Å². The van der Waals surface area contributed by atoms with Gasteiger partial charge in [0, 0.05) is 31.9 Å². The average molecular weight is 261 g/mol. The van der Waals surface area contributed by atoms with Crippen LogP contribution in [0.25, 0.3) is 0 Å². The first kappa shape index (κ1) is 14.0. The van der Waals surface area contributed by atoms with Crippen molar-refractivity contribution in [3.05, 3.63) is 29.3 Å². The Hall–Kier alpha value is -1.39. The minimum Gasteiger partial charge on any atom is -0.318 e. The van der Waals surface area contributed by atoms with Crippen LogP contribution >= 0.6 is 0 Å². The minimum absolute atomic E-state index is 0.205. The molecule has 1 aliphatic rings. The van der Waals surface area contributed by atoms with Crippen molar-refractivity contribution >= 4 is 11.6 Å². The second-order valence-corrected chi connectivity index (χ2v) is 5.22. The number of anilines is 1. The van der Waals surface area contributed by atoms with Crippen LogP contribution in [0.3, 0.4) is 0 Å². The van der Waals surface area contributed by atoms with E-state index in [4.69, 9.17) is 0 Å². The number of aryl methyl sites for hydroxylation is 2. The lowest BCUT2D eigenvalue weighted by Crippen LogP contribution is -2.51. The van der Waals surface area contributed by atoms with Crippen LogP contribution < -0.4 is 10.2 Å². The lowest BCUT2D eigenvalue weighted by molar-refractivity contribution is -0.121. The van der Waals surface area contributed by atoms with E-state index in [1.807, 2.05) is 11.9 Å². The van der Waals surface area contributed by atoms with E-state index in [2.05, 4.69) is 42.3 Å². The molecule has 0 atom stereocenters. The molecule has 0 saturated carbocycles. The monoisotopic (exact) mass is 261 g/mol. The number of nitrogens with one attached hydrogen (secondary N) is 1. The Kier molecular flexibility index (Phi) is 4.56. The van der Waals surface area contributed by atoms with Gasteiger partial charge in [-0.3, -0.25) is 9.69 Å². The van der Waals surface area contributed by atoms with Gasteiger partial charge in [-0.05, 0) is 38.1 Å². The first-order chi connectivity index (χ1) is 9.11. The Bertz CT molecular complexity index is 459. The third-order valence-electron chi connectivity index (χ3n) is 3.63. The minimum atomic E-state index is 0.205. The summed E-state index contributed by atoms with van der Waals surface area (Å²) in [4.78, 5) is 16.4. The fourth-order valence-corrected chi connectivity index (χ4v) is 2.45. The zero-order chi connectivity index (χ0) is 13.8. The molecule has 0 spiro atoms. The van der Waals surface area contributed by atoms with Gasteiger partial charge in [0.15, 0.2) is 0 Å². The normalized spacial score (nSPS) is 17.0. The molecule has 4 nitrogen and oxygen atoms in total. The maximum Gasteiger partial charge on any atom is 0.241 e. The topological polar surface area (TPSA) is 35.6 Å². The molecule has 1 aromatic carbocycles. The fraction of sp³-hybridized carbons (Fsp3) is 0.533. The molecule has 1 heterocycles. The number of hydrogen-bond donors (Lipinski definition) is 1. The Labute approximate surface area is 115 Å². The van der Waals surface area contributed by atoms with Crippen molar-refractivity contribution in [1.29, 1.82) is 0 Å². The fourth-order valence-electron chi connectivity index (χ4n) is 2.45. The quantitative estimate of drug-likeness (QED) is 0.884. The summed E-state index contributed by atoms with van der Waals surface area (Å²) in [5.74, 6) is 0.205. The van der Waals surface area contributed by atoms with Gasteiger partial charge < -0.3 is 10.2 Å². The SMILES string of the molecule is CNCCN1CCN(c2cc(C)ccc2C)C(=O)C1. The van der Waals surface area contributed by atoms with Crippen LogP contribution in [-0.4, -0.2) is 50.6 Å². The number of amides is 1. The van der Waals surface area contributed by atoms with Gasteiger partial charge in [-0.1, -0.05) is 12.1 Å². The summed E-state index contributed by atoms with van der Waals surface area (Å²) in [6, 6.07) is 6.29. The van der Waals surface area contributed by atoms with Gasteiger partial charge in [0.1, 0.15) is 0 Å². The van der Waals surface area contributed by atoms with Crippen LogP contribution in [0.4, 0.5) is 5.69 Å². The molecule has 1 N–H and O–H groups in total. The summed E-state index contributed by atoms with van der Waals surface area (Å²) in [7, 11) is 1.94. The summed E-state index contributed by atoms with van der Waals surface area (Å²) in [5.41, 5.74) is 3.44. The van der Waals surface area contributed by atoms with Crippen LogP contribution in [0.2, 0.25) is 0 Å². The number of hydrogen-bond acceptors (Lipinski definition) is 3. The number of likely N-dealkylation sites (N-methyl/N-ethyl adjacent to an activating group) is 1. The van der Waals surface area contributed by atoms with Gasteiger partial charge in [-0.2, -0.15) is 0 Å². The molecule has 0 radical (unpaired) electrons. The van der Waals surface area contributed by atoms with Gasteiger partial charge in [0.2, 0.25) is 5.91 Å². The van der Waals surface area contributed by atoms with Crippen molar-refractivity contribution in [2.75, 3.05) is 44.7 Å². The predicted molar refractivity (Wildman–Crippen MR) is 78.6 cm³/mol. The van der Waals surface area contributed by atoms with Gasteiger partial charge in [0.25, 0.3) is 0 Å². The molecule has 19 heavy (non-hydrogen) atoms. The van der Waals surface area contributed by atoms with Crippen LogP contribution in [0.15, 0.2) is 18.2 Å². The second-order valence-electron chi connectivity index (χ2n) is 5.22. The standard InChI is InChI=1S/C15H23N3O/c1-12-4-5-13(2)14(10-12)18-9-8-17(7-6-16-3)11-15(18)19/h4-5,10,16H,6-9,11H2,1-3H3. The molecule has 104 valence electrons. The number of carbonyl (C=O) groups is 1. The third kappa shape index (κ3) is 3.33. The van der Waals surface area contributed by atoms with Crippen molar-refractivity contribution in [2.24, 2.45) is 0 Å². The molecule has 1 aromatic rings. The van der Waals surface area contributed by atoms with Crippen LogP contribution in [0.5, 0.6) is 0 Å². The van der Waals surface area contributed by atoms with E-state index in [9.17, 15) is 4.79 Å². The highest BCUT2D eigenvalue weighted by Crippen LogP contribution is 2.23. The highest BCUT2D eigenvalue weighted by atomic mass is 16.2. The molecule has 1 aliphatic heterocycles. The van der Waals surface area contributed by atoms with E-state index in [-0.39, 0.29) is 5.91 Å². The lowest BCUT2D eigenvalue weighted by atomic mass is 10.1. The van der Waals surface area contributed by atoms with Gasteiger partial charge in [-0.15, -0.1) is 0 Å². The molecule has 2 rings (SSSR count). The zero-order valence-electron chi connectivity index (χ0n) is 12.1. The van der Waals surface area contributed by atoms with Crippen molar-refractivity contribution < 1.29 is 4.79 Å². The molecule has 0 bridgehead atoms. The molecule has 0 unspecified atom stereocenters. The molecular formula is C15H23N3O. The highest BCUT2D eigenvalue weighted by Gasteiger charge is 2.25. The number of nitrogens with zero attached hydrogens (tertiary/aromatic N) is 2. The highest BCUT2D eigenvalue weighted by molar-refractivity contribution is 5.96. The van der Waals surface area contributed by atoms with Crippen LogP contribution in [-0.2, 0) is 4.79 Å². The maximum atomic E-state index is 12.3. The van der Waals surface area contributed by atoms with Crippen LogP contribution in [0.1, 0.15) is 11.1 Å². The summed E-state index contributed by atoms with van der Waals surface area (Å²) >= 11 is 0. The van der Waals surface area contributed by atoms with Crippen molar-refractivity contribution in [1.82, 2.24) is 10.2 Å². The molecule has 1 saturated heterocycles. The van der Waals surface area contributed by atoms with Gasteiger partial charge in [-0.25, -0.2) is 0 Å². The number of benzene rings is 1. The maximum absolute atomic E-state index is 12.3. The number of piperazine rings is 1. The van der Waals surface area contributed by atoms with E-state index < -0.39 is 0 Å². The first-order valence-corrected chi connectivity index (χ1v) is 6.86. The number of rotatable bonds is 4. The summed E-state index contributed by atoms with van der Waals surface area (Å²) in [6.07, 6.45) is 0. The Morgan fingerprint density at radius 3 is 2.74 bits per heavy atom. The Balaban J connectivity index is 2.07. The first-order valence-electron chi connectivity index (χ1n) is 6.86. The Morgan fingerprint density at radius 1 is 1.26 bits per heavy atom. The van der Waals surface area contributed by atoms with E-state index in [1.165, 1.54) is 11.1 Å². The van der Waals surface area contributed by atoms with Crippen molar-refractivity contribution in [3.8, 4) is 0 Å². The molecule has 0 aromatic heterocycles. The molecular weight excluding hydrogens is 238 g/mol. The lowest BCUT2D eigenvalue weighted by Gasteiger charge is -2.35. The van der Waals surface area contributed by atoms with Crippen LogP contribution in [0, 0.1) is 13.8 Å². The third-order valence-corrected chi connectivity index (χ3v) is 3.63. The summed E-state index contributed by atoms with van der Waals surface area (Å²) in [5, 5.41) is 3.12. The average Bonchev–Trinajstić information content (AvgIpc) is 2.40. The molecule has 1 amide bonds. The van der Waals surface area contributed by atoms with Crippen molar-refractivity contribution in [3.63, 3.8) is 0 Å². The van der Waals surface area contributed by atoms with Crippen molar-refractivity contribution in [2.45, 2.75) is 13.8 Å². The predicted octanol–water partition coefficient (Wildman–Crippen LogP) is 1.17. The Morgan fingerprint density at radius 2 is 2.05 bits per heavy atom. The zero-order valence-corrected chi connectivity index (χ0v) is 12.1. The van der Waals surface area contributed by atoms with E-state index in [1.54, 1.807) is 0 Å². The summed E-state index contributed by atoms with van der Waals surface area (Å²) < 4.78 is 0. The van der Waals surface area contributed by atoms with E-state index in [0.717, 1.165) is 31.9 Å². The van der Waals surface area contributed by atoms with Gasteiger partial charge in [0.05, 0.1) is 6.54 Å². The molecule has 1 fully saturated rings. The van der Waals surface area contributed by atoms with E-state index in [0.29, 0.717) is 6.54 Å². The molecule has 4 heteroatoms. The summed E-state index contributed by atoms with van der Waals surface area (Å²) in [6.45, 7) is 8.24. The smallest absolute Gasteiger partial charge is 0.241 e. The number of carbonyl (C=O) groups excluding carboxylic acids is 1. The second kappa shape index (κ2) is 6.17. The van der Waals surface area contributed by atoms with Gasteiger partial charge >= 0.3 is 0 Å². The largest absolute Gasteiger partial charge is 0.318 e. The molecule has 0 aliphatic carbocycles.